The molecule has 2 heterocycles. The molecule has 0 atom stereocenters. The third kappa shape index (κ3) is 5.06. The molecule has 9 nitrogen and oxygen atoms in total. The largest absolute Gasteiger partial charge is 0.354 e. The van der Waals surface area contributed by atoms with Crippen LogP contribution in [0.2, 0.25) is 0 Å². The van der Waals surface area contributed by atoms with Gasteiger partial charge in [-0.15, -0.1) is 11.3 Å². The number of aromatic nitrogens is 1. The first-order chi connectivity index (χ1) is 13.3. The second kappa shape index (κ2) is 8.67. The van der Waals surface area contributed by atoms with Crippen molar-refractivity contribution >= 4 is 38.4 Å². The van der Waals surface area contributed by atoms with Crippen molar-refractivity contribution in [2.45, 2.75) is 18.2 Å². The highest BCUT2D eigenvalue weighted by atomic mass is 32.2. The number of benzene rings is 1. The van der Waals surface area contributed by atoms with E-state index in [9.17, 15) is 18.0 Å². The number of urea groups is 1. The average Bonchev–Trinajstić information content (AvgIpc) is 3.28. The summed E-state index contributed by atoms with van der Waals surface area (Å²) < 4.78 is 26.8. The van der Waals surface area contributed by atoms with E-state index in [1.54, 1.807) is 17.5 Å². The molecule has 1 aliphatic heterocycles. The molecule has 0 radical (unpaired) electrons. The van der Waals surface area contributed by atoms with Gasteiger partial charge in [-0.3, -0.25) is 9.69 Å². The van der Waals surface area contributed by atoms with Crippen molar-refractivity contribution in [2.24, 2.45) is 0 Å². The zero-order valence-corrected chi connectivity index (χ0v) is 16.9. The van der Waals surface area contributed by atoms with Crippen molar-refractivity contribution in [3.05, 3.63) is 40.9 Å². The lowest BCUT2D eigenvalue weighted by Gasteiger charge is -2.09. The first-order valence-corrected chi connectivity index (χ1v) is 11.0. The molecule has 28 heavy (non-hydrogen) atoms. The SMILES string of the molecule is Cc1ccc(S(=O)(=O)NCCNC(=O)Cc2csc(N3CCNC3=O)n2)cc1. The Hall–Kier alpha value is -2.50. The van der Waals surface area contributed by atoms with Crippen molar-refractivity contribution < 1.29 is 18.0 Å². The Morgan fingerprint density at radius 2 is 2.04 bits per heavy atom. The molecule has 3 rings (SSSR count). The quantitative estimate of drug-likeness (QED) is 0.538. The van der Waals surface area contributed by atoms with Crippen molar-refractivity contribution in [2.75, 3.05) is 31.1 Å². The Labute approximate surface area is 167 Å². The number of carbonyl (C=O) groups excluding carboxylic acids is 2. The summed E-state index contributed by atoms with van der Waals surface area (Å²) in [6, 6.07) is 6.34. The molecule has 1 aromatic heterocycles. The molecule has 0 aliphatic carbocycles. The Balaban J connectivity index is 1.43. The van der Waals surface area contributed by atoms with E-state index in [1.165, 1.54) is 28.4 Å². The number of nitrogens with one attached hydrogen (secondary N) is 3. The van der Waals surface area contributed by atoms with E-state index in [0.29, 0.717) is 23.9 Å². The van der Waals surface area contributed by atoms with Crippen LogP contribution in [0.15, 0.2) is 34.5 Å². The molecule has 1 aromatic carbocycles. The van der Waals surface area contributed by atoms with Gasteiger partial charge in [0.15, 0.2) is 5.13 Å². The number of rotatable bonds is 8. The third-order valence-electron chi connectivity index (χ3n) is 4.04. The first-order valence-electron chi connectivity index (χ1n) is 8.68. The zero-order chi connectivity index (χ0) is 20.1. The molecule has 150 valence electrons. The molecule has 3 N–H and O–H groups in total. The maximum Gasteiger partial charge on any atom is 0.323 e. The number of amides is 3. The summed E-state index contributed by atoms with van der Waals surface area (Å²) in [7, 11) is -3.60. The molecular weight excluding hydrogens is 402 g/mol. The Bertz CT molecular complexity index is 956. The zero-order valence-electron chi connectivity index (χ0n) is 15.3. The van der Waals surface area contributed by atoms with Gasteiger partial charge < -0.3 is 10.6 Å². The minimum atomic E-state index is -3.60. The van der Waals surface area contributed by atoms with E-state index in [4.69, 9.17) is 0 Å². The Morgan fingerprint density at radius 3 is 2.71 bits per heavy atom. The van der Waals surface area contributed by atoms with Crippen LogP contribution >= 0.6 is 11.3 Å². The lowest BCUT2D eigenvalue weighted by atomic mass is 10.2. The molecule has 0 bridgehead atoms. The molecule has 0 saturated carbocycles. The second-order valence-electron chi connectivity index (χ2n) is 6.24. The van der Waals surface area contributed by atoms with Crippen LogP contribution in [-0.2, 0) is 21.2 Å². The highest BCUT2D eigenvalue weighted by molar-refractivity contribution is 7.89. The summed E-state index contributed by atoms with van der Waals surface area (Å²) in [6.07, 6.45) is 0.0661. The summed E-state index contributed by atoms with van der Waals surface area (Å²) in [5.74, 6) is -0.266. The topological polar surface area (TPSA) is 121 Å². The minimum absolute atomic E-state index is 0.0661. The van der Waals surface area contributed by atoms with E-state index in [-0.39, 0.29) is 36.3 Å². The number of sulfonamides is 1. The van der Waals surface area contributed by atoms with Crippen LogP contribution in [0.1, 0.15) is 11.3 Å². The van der Waals surface area contributed by atoms with Crippen LogP contribution in [0.4, 0.5) is 9.93 Å². The number of nitrogens with zero attached hydrogens (tertiary/aromatic N) is 2. The maximum absolute atomic E-state index is 12.2. The smallest absolute Gasteiger partial charge is 0.323 e. The van der Waals surface area contributed by atoms with Gasteiger partial charge in [-0.25, -0.2) is 22.9 Å². The molecule has 1 saturated heterocycles. The number of hydrogen-bond donors (Lipinski definition) is 3. The fourth-order valence-electron chi connectivity index (χ4n) is 2.57. The van der Waals surface area contributed by atoms with Crippen LogP contribution in [-0.4, -0.2) is 51.5 Å². The number of hydrogen-bond acceptors (Lipinski definition) is 6. The van der Waals surface area contributed by atoms with Crippen LogP contribution < -0.4 is 20.3 Å². The number of thiazole rings is 1. The predicted molar refractivity (Wildman–Crippen MR) is 106 cm³/mol. The highest BCUT2D eigenvalue weighted by Crippen LogP contribution is 2.22. The third-order valence-corrected chi connectivity index (χ3v) is 6.43. The molecule has 0 unspecified atom stereocenters. The van der Waals surface area contributed by atoms with Crippen molar-refractivity contribution in [1.82, 2.24) is 20.3 Å². The van der Waals surface area contributed by atoms with Gasteiger partial charge in [-0.2, -0.15) is 0 Å². The standard InChI is InChI=1S/C17H21N5O4S2/c1-12-2-4-14(5-3-12)28(25,26)20-7-6-18-15(23)10-13-11-27-17(21-13)22-9-8-19-16(22)24/h2-5,11,20H,6-10H2,1H3,(H,18,23)(H,19,24). The predicted octanol–water partition coefficient (Wildman–Crippen LogP) is 0.618. The maximum atomic E-state index is 12.2. The summed E-state index contributed by atoms with van der Waals surface area (Å²) in [6.45, 7) is 3.25. The van der Waals surface area contributed by atoms with Gasteiger partial charge in [0.2, 0.25) is 15.9 Å². The van der Waals surface area contributed by atoms with E-state index in [1.807, 2.05) is 6.92 Å². The highest BCUT2D eigenvalue weighted by Gasteiger charge is 2.24. The Kier molecular flexibility index (Phi) is 6.27. The van der Waals surface area contributed by atoms with Gasteiger partial charge in [-0.1, -0.05) is 17.7 Å². The van der Waals surface area contributed by atoms with Crippen LogP contribution in [0.3, 0.4) is 0 Å². The second-order valence-corrected chi connectivity index (χ2v) is 8.85. The van der Waals surface area contributed by atoms with Gasteiger partial charge >= 0.3 is 6.03 Å². The molecule has 1 fully saturated rings. The fraction of sp³-hybridized carbons (Fsp3) is 0.353. The minimum Gasteiger partial charge on any atom is -0.354 e. The number of aryl methyl sites for hydroxylation is 1. The van der Waals surface area contributed by atoms with E-state index >= 15 is 0 Å². The monoisotopic (exact) mass is 423 g/mol. The molecule has 3 amide bonds. The van der Waals surface area contributed by atoms with Crippen LogP contribution in [0.25, 0.3) is 0 Å². The van der Waals surface area contributed by atoms with Crippen molar-refractivity contribution in [3.8, 4) is 0 Å². The van der Waals surface area contributed by atoms with Crippen molar-refractivity contribution in [3.63, 3.8) is 0 Å². The van der Waals surface area contributed by atoms with E-state index in [0.717, 1.165) is 5.56 Å². The summed E-state index contributed by atoms with van der Waals surface area (Å²) in [4.78, 5) is 29.7. The van der Waals surface area contributed by atoms with E-state index in [2.05, 4.69) is 20.3 Å². The number of anilines is 1. The molecule has 11 heteroatoms. The normalized spacial score (nSPS) is 14.2. The van der Waals surface area contributed by atoms with E-state index < -0.39 is 10.0 Å². The lowest BCUT2D eigenvalue weighted by molar-refractivity contribution is -0.120. The van der Waals surface area contributed by atoms with Gasteiger partial charge in [0.05, 0.1) is 17.0 Å². The van der Waals surface area contributed by atoms with Crippen LogP contribution in [0.5, 0.6) is 0 Å². The number of carbonyl (C=O) groups is 2. The van der Waals surface area contributed by atoms with Gasteiger partial charge in [0, 0.05) is 31.6 Å². The van der Waals surface area contributed by atoms with Gasteiger partial charge in [0.1, 0.15) is 0 Å². The van der Waals surface area contributed by atoms with Crippen LogP contribution in [0, 0.1) is 6.92 Å². The van der Waals surface area contributed by atoms with Gasteiger partial charge in [0.25, 0.3) is 0 Å². The molecule has 0 spiro atoms. The summed E-state index contributed by atoms with van der Waals surface area (Å²) in [5.41, 5.74) is 1.54. The fourth-order valence-corrected chi connectivity index (χ4v) is 4.45. The van der Waals surface area contributed by atoms with Gasteiger partial charge in [-0.05, 0) is 19.1 Å². The first kappa shape index (κ1) is 20.2. The molecule has 1 aliphatic rings. The average molecular weight is 424 g/mol. The van der Waals surface area contributed by atoms with Crippen molar-refractivity contribution in [1.29, 1.82) is 0 Å². The summed E-state index contributed by atoms with van der Waals surface area (Å²) in [5, 5.41) is 7.65. The summed E-state index contributed by atoms with van der Waals surface area (Å²) >= 11 is 1.31. The Morgan fingerprint density at radius 1 is 1.29 bits per heavy atom. The molecular formula is C17H21N5O4S2. The lowest BCUT2D eigenvalue weighted by Crippen LogP contribution is -2.35. The molecule has 2 aromatic rings.